The van der Waals surface area contributed by atoms with Crippen LogP contribution in [-0.4, -0.2) is 60.6 Å². The van der Waals surface area contributed by atoms with Gasteiger partial charge in [0.05, 0.1) is 19.1 Å². The highest BCUT2D eigenvalue weighted by atomic mass is 16.5. The Morgan fingerprint density at radius 1 is 1.31 bits per heavy atom. The first-order valence-electron chi connectivity index (χ1n) is 9.28. The number of rotatable bonds is 5. The molecule has 1 saturated heterocycles. The molecule has 26 heavy (non-hydrogen) atoms. The fraction of sp³-hybridized carbons (Fsp3) is 0.500. The van der Waals surface area contributed by atoms with Crippen molar-refractivity contribution in [2.75, 3.05) is 39.9 Å². The van der Waals surface area contributed by atoms with Crippen LogP contribution in [0.2, 0.25) is 0 Å². The molecule has 1 aromatic heterocycles. The number of methoxy groups -OCH3 is 1. The largest absolute Gasteiger partial charge is 0.441 e. The van der Waals surface area contributed by atoms with E-state index in [9.17, 15) is 4.79 Å². The maximum absolute atomic E-state index is 12.9. The second-order valence-corrected chi connectivity index (χ2v) is 7.04. The van der Waals surface area contributed by atoms with Crippen molar-refractivity contribution in [3.63, 3.8) is 0 Å². The quantitative estimate of drug-likeness (QED) is 0.823. The predicted octanol–water partition coefficient (Wildman–Crippen LogP) is 2.19. The van der Waals surface area contributed by atoms with Gasteiger partial charge in [0, 0.05) is 38.7 Å². The van der Waals surface area contributed by atoms with Gasteiger partial charge in [-0.25, -0.2) is 4.98 Å². The smallest absolute Gasteiger partial charge is 0.227 e. The number of likely N-dealkylation sites (tertiary alicyclic amines) is 1. The van der Waals surface area contributed by atoms with Gasteiger partial charge in [0.1, 0.15) is 11.5 Å². The molecule has 138 valence electrons. The molecule has 1 unspecified atom stereocenters. The third-order valence-corrected chi connectivity index (χ3v) is 5.29. The van der Waals surface area contributed by atoms with E-state index in [1.54, 1.807) is 7.11 Å². The number of nitrogens with zero attached hydrogens (tertiary/aromatic N) is 3. The summed E-state index contributed by atoms with van der Waals surface area (Å²) in [5.74, 6) is 1.91. The number of aromatic nitrogens is 1. The molecule has 0 aliphatic carbocycles. The van der Waals surface area contributed by atoms with Crippen molar-refractivity contribution in [2.24, 2.45) is 5.92 Å². The summed E-state index contributed by atoms with van der Waals surface area (Å²) in [4.78, 5) is 21.8. The summed E-state index contributed by atoms with van der Waals surface area (Å²) in [5, 5.41) is 0. The Labute approximate surface area is 153 Å². The zero-order chi connectivity index (χ0) is 17.9. The Bertz CT molecular complexity index is 759. The Morgan fingerprint density at radius 2 is 2.15 bits per heavy atom. The number of oxazole rings is 1. The molecule has 1 amide bonds. The molecule has 6 heteroatoms. The van der Waals surface area contributed by atoms with Crippen LogP contribution in [0.5, 0.6) is 0 Å². The van der Waals surface area contributed by atoms with Gasteiger partial charge in [-0.15, -0.1) is 0 Å². The fourth-order valence-electron chi connectivity index (χ4n) is 3.81. The number of benzene rings is 1. The Morgan fingerprint density at radius 3 is 2.96 bits per heavy atom. The minimum absolute atomic E-state index is 0.0916. The first-order chi connectivity index (χ1) is 12.7. The van der Waals surface area contributed by atoms with Crippen molar-refractivity contribution in [3.05, 3.63) is 41.8 Å². The maximum Gasteiger partial charge on any atom is 0.227 e. The van der Waals surface area contributed by atoms with Gasteiger partial charge in [-0.3, -0.25) is 4.79 Å². The predicted molar refractivity (Wildman–Crippen MR) is 97.5 cm³/mol. The van der Waals surface area contributed by atoms with Gasteiger partial charge in [-0.1, -0.05) is 18.2 Å². The molecular formula is C20H25N3O3. The third-order valence-electron chi connectivity index (χ3n) is 5.29. The SMILES string of the molecule is COCCN1CCC(C(=O)N2CCc3oc(-c4ccccc4)nc3C2)C1. The standard InChI is InChI=1S/C20H25N3O3/c1-25-12-11-22-9-7-16(13-22)20(24)23-10-8-18-17(14-23)21-19(26-18)15-5-3-2-4-6-15/h2-6,16H,7-14H2,1H3. The molecule has 1 atom stereocenters. The van der Waals surface area contributed by atoms with Crippen molar-refractivity contribution in [2.45, 2.75) is 19.4 Å². The summed E-state index contributed by atoms with van der Waals surface area (Å²) in [5.41, 5.74) is 1.88. The van der Waals surface area contributed by atoms with Crippen LogP contribution in [0.25, 0.3) is 11.5 Å². The molecule has 0 radical (unpaired) electrons. The Kier molecular flexibility index (Phi) is 5.04. The van der Waals surface area contributed by atoms with Gasteiger partial charge >= 0.3 is 0 Å². The average Bonchev–Trinajstić information content (AvgIpc) is 3.33. The molecule has 0 N–H and O–H groups in total. The van der Waals surface area contributed by atoms with E-state index in [1.165, 1.54) is 0 Å². The minimum Gasteiger partial charge on any atom is -0.441 e. The highest BCUT2D eigenvalue weighted by molar-refractivity contribution is 5.79. The van der Waals surface area contributed by atoms with Gasteiger partial charge in [0.15, 0.2) is 0 Å². The summed E-state index contributed by atoms with van der Waals surface area (Å²) in [6.45, 7) is 4.69. The lowest BCUT2D eigenvalue weighted by Gasteiger charge is -2.28. The summed E-state index contributed by atoms with van der Waals surface area (Å²) >= 11 is 0. The van der Waals surface area contributed by atoms with Gasteiger partial charge in [0.2, 0.25) is 11.8 Å². The van der Waals surface area contributed by atoms with Crippen molar-refractivity contribution in [3.8, 4) is 11.5 Å². The van der Waals surface area contributed by atoms with E-state index in [1.807, 2.05) is 35.2 Å². The number of amides is 1. The van der Waals surface area contributed by atoms with Crippen molar-refractivity contribution in [1.82, 2.24) is 14.8 Å². The van der Waals surface area contributed by atoms with Crippen LogP contribution >= 0.6 is 0 Å². The number of carbonyl (C=O) groups is 1. The molecule has 2 aliphatic heterocycles. The van der Waals surface area contributed by atoms with Crippen LogP contribution in [0.1, 0.15) is 17.9 Å². The third kappa shape index (κ3) is 3.52. The maximum atomic E-state index is 12.9. The molecule has 0 saturated carbocycles. The molecule has 6 nitrogen and oxygen atoms in total. The van der Waals surface area contributed by atoms with E-state index in [4.69, 9.17) is 9.15 Å². The summed E-state index contributed by atoms with van der Waals surface area (Å²) in [6.07, 6.45) is 1.67. The normalized spacial score (nSPS) is 20.3. The van der Waals surface area contributed by atoms with E-state index < -0.39 is 0 Å². The second-order valence-electron chi connectivity index (χ2n) is 7.04. The van der Waals surface area contributed by atoms with Crippen LogP contribution in [0.15, 0.2) is 34.7 Å². The van der Waals surface area contributed by atoms with Gasteiger partial charge in [-0.2, -0.15) is 0 Å². The van der Waals surface area contributed by atoms with Gasteiger partial charge in [-0.05, 0) is 25.1 Å². The van der Waals surface area contributed by atoms with E-state index in [0.717, 1.165) is 56.1 Å². The highest BCUT2D eigenvalue weighted by Gasteiger charge is 2.34. The van der Waals surface area contributed by atoms with Crippen molar-refractivity contribution >= 4 is 5.91 Å². The van der Waals surface area contributed by atoms with Gasteiger partial charge in [0.25, 0.3) is 0 Å². The van der Waals surface area contributed by atoms with Crippen molar-refractivity contribution in [1.29, 1.82) is 0 Å². The first kappa shape index (κ1) is 17.2. The van der Waals surface area contributed by atoms with Crippen LogP contribution < -0.4 is 0 Å². The Hall–Kier alpha value is -2.18. The summed E-state index contributed by atoms with van der Waals surface area (Å²) in [6, 6.07) is 9.92. The molecule has 2 aromatic rings. The molecule has 0 bridgehead atoms. The number of ether oxygens (including phenoxy) is 1. The minimum atomic E-state index is 0.0916. The number of carbonyl (C=O) groups excluding carboxylic acids is 1. The lowest BCUT2D eigenvalue weighted by atomic mass is 10.1. The fourth-order valence-corrected chi connectivity index (χ4v) is 3.81. The zero-order valence-electron chi connectivity index (χ0n) is 15.2. The Balaban J connectivity index is 1.41. The number of fused-ring (bicyclic) bond motifs is 1. The molecule has 0 spiro atoms. The lowest BCUT2D eigenvalue weighted by molar-refractivity contribution is -0.136. The summed E-state index contributed by atoms with van der Waals surface area (Å²) < 4.78 is 11.1. The zero-order valence-corrected chi connectivity index (χ0v) is 15.2. The van der Waals surface area contributed by atoms with E-state index in [-0.39, 0.29) is 11.8 Å². The topological polar surface area (TPSA) is 58.8 Å². The number of hydrogen-bond acceptors (Lipinski definition) is 5. The van der Waals surface area contributed by atoms with Crippen LogP contribution in [0.4, 0.5) is 0 Å². The molecule has 2 aliphatic rings. The first-order valence-corrected chi connectivity index (χ1v) is 9.28. The average molecular weight is 355 g/mol. The van der Waals surface area contributed by atoms with Crippen LogP contribution in [0.3, 0.4) is 0 Å². The van der Waals surface area contributed by atoms with Crippen molar-refractivity contribution < 1.29 is 13.9 Å². The molecular weight excluding hydrogens is 330 g/mol. The molecule has 4 rings (SSSR count). The molecule has 1 aromatic carbocycles. The molecule has 3 heterocycles. The van der Waals surface area contributed by atoms with Crippen LogP contribution in [0, 0.1) is 5.92 Å². The second kappa shape index (κ2) is 7.60. The summed E-state index contributed by atoms with van der Waals surface area (Å²) in [7, 11) is 1.71. The lowest BCUT2D eigenvalue weighted by Crippen LogP contribution is -2.40. The highest BCUT2D eigenvalue weighted by Crippen LogP contribution is 2.28. The van der Waals surface area contributed by atoms with E-state index in [2.05, 4.69) is 9.88 Å². The monoisotopic (exact) mass is 355 g/mol. The number of hydrogen-bond donors (Lipinski definition) is 0. The van der Waals surface area contributed by atoms with Gasteiger partial charge < -0.3 is 19.0 Å². The molecule has 1 fully saturated rings. The van der Waals surface area contributed by atoms with Crippen LogP contribution in [-0.2, 0) is 22.5 Å². The van der Waals surface area contributed by atoms with E-state index in [0.29, 0.717) is 19.0 Å². The van der Waals surface area contributed by atoms with E-state index >= 15 is 0 Å².